The van der Waals surface area contributed by atoms with E-state index in [9.17, 15) is 0 Å². The second kappa shape index (κ2) is 3.19. The van der Waals surface area contributed by atoms with Crippen LogP contribution in [0.3, 0.4) is 0 Å². The van der Waals surface area contributed by atoms with Crippen LogP contribution in [0.2, 0.25) is 0 Å². The Morgan fingerprint density at radius 2 is 2.54 bits per heavy atom. The maximum Gasteiger partial charge on any atom is 0.209 e. The molecule has 0 atom stereocenters. The Morgan fingerprint density at radius 1 is 1.77 bits per heavy atom. The van der Waals surface area contributed by atoms with Gasteiger partial charge >= 0.3 is 0 Å². The smallest absolute Gasteiger partial charge is 0.209 e. The lowest BCUT2D eigenvalue weighted by molar-refractivity contribution is -0.0861. The number of ether oxygens (including phenoxy) is 1. The van der Waals surface area contributed by atoms with Gasteiger partial charge in [-0.3, -0.25) is 0 Å². The fourth-order valence-electron chi connectivity index (χ4n) is 1.11. The number of hydrogen-bond acceptors (Lipinski definition) is 5. The molecule has 1 saturated heterocycles. The van der Waals surface area contributed by atoms with Crippen molar-refractivity contribution in [2.75, 3.05) is 24.8 Å². The van der Waals surface area contributed by atoms with Crippen LogP contribution in [0.25, 0.3) is 0 Å². The Kier molecular flexibility index (Phi) is 2.17. The molecule has 72 valence electrons. The summed E-state index contributed by atoms with van der Waals surface area (Å²) in [5.41, 5.74) is 0.288. The van der Waals surface area contributed by atoms with E-state index in [0.29, 0.717) is 0 Å². The van der Waals surface area contributed by atoms with Crippen LogP contribution in [0.4, 0.5) is 0 Å². The van der Waals surface area contributed by atoms with E-state index in [1.807, 2.05) is 0 Å². The zero-order chi connectivity index (χ0) is 9.31. The number of nitrogens with two attached hydrogens (primary N) is 1. The summed E-state index contributed by atoms with van der Waals surface area (Å²) in [6, 6.07) is 0. The fourth-order valence-corrected chi connectivity index (χ4v) is 2.05. The Labute approximate surface area is 80.6 Å². The maximum atomic E-state index is 5.57. The first-order valence-electron chi connectivity index (χ1n) is 4.05. The minimum absolute atomic E-state index is 0.288. The van der Waals surface area contributed by atoms with Gasteiger partial charge in [0.15, 0.2) is 0 Å². The van der Waals surface area contributed by atoms with E-state index in [1.54, 1.807) is 11.8 Å². The molecule has 13 heavy (non-hydrogen) atoms. The van der Waals surface area contributed by atoms with E-state index in [2.05, 4.69) is 17.1 Å². The van der Waals surface area contributed by atoms with Crippen molar-refractivity contribution in [3.8, 4) is 0 Å². The van der Waals surface area contributed by atoms with Gasteiger partial charge in [0, 0.05) is 11.2 Å². The molecule has 5 nitrogen and oxygen atoms in total. The number of aromatic nitrogens is 3. The standard InChI is InChI=1S/C7H12N4OS/c1-7(2-12-3-7)4-13-6-10-9-5-11(6)8/h5H,2-4,8H2,1H3. The van der Waals surface area contributed by atoms with Crippen LogP contribution in [0, 0.1) is 5.41 Å². The number of rotatable bonds is 3. The summed E-state index contributed by atoms with van der Waals surface area (Å²) in [5.74, 6) is 6.54. The molecular formula is C7H12N4OS. The first-order valence-corrected chi connectivity index (χ1v) is 5.04. The number of hydrogen-bond donors (Lipinski definition) is 1. The van der Waals surface area contributed by atoms with Gasteiger partial charge < -0.3 is 10.6 Å². The molecule has 1 aromatic rings. The molecule has 0 bridgehead atoms. The molecule has 6 heteroatoms. The minimum atomic E-state index is 0.288. The Hall–Kier alpha value is -0.750. The number of nitrogen functional groups attached to an aromatic ring is 1. The minimum Gasteiger partial charge on any atom is -0.380 e. The zero-order valence-corrected chi connectivity index (χ0v) is 8.25. The Bertz CT molecular complexity index is 296. The quantitative estimate of drug-likeness (QED) is 0.554. The molecule has 1 aliphatic rings. The fraction of sp³-hybridized carbons (Fsp3) is 0.714. The van der Waals surface area contributed by atoms with Crippen molar-refractivity contribution < 1.29 is 4.74 Å². The van der Waals surface area contributed by atoms with E-state index in [1.165, 1.54) is 11.0 Å². The van der Waals surface area contributed by atoms with Gasteiger partial charge in [-0.2, -0.15) is 0 Å². The molecule has 2 N–H and O–H groups in total. The summed E-state index contributed by atoms with van der Waals surface area (Å²) in [6.45, 7) is 3.86. The van der Waals surface area contributed by atoms with Crippen molar-refractivity contribution in [1.82, 2.24) is 14.9 Å². The maximum absolute atomic E-state index is 5.57. The van der Waals surface area contributed by atoms with Gasteiger partial charge in [-0.15, -0.1) is 10.2 Å². The van der Waals surface area contributed by atoms with Gasteiger partial charge in [-0.25, -0.2) is 4.68 Å². The van der Waals surface area contributed by atoms with Gasteiger partial charge in [0.1, 0.15) is 6.33 Å². The highest BCUT2D eigenvalue weighted by Gasteiger charge is 2.33. The predicted molar refractivity (Wildman–Crippen MR) is 49.8 cm³/mol. The summed E-state index contributed by atoms with van der Waals surface area (Å²) >= 11 is 1.62. The largest absolute Gasteiger partial charge is 0.380 e. The lowest BCUT2D eigenvalue weighted by Crippen LogP contribution is -2.41. The van der Waals surface area contributed by atoms with Crippen LogP contribution >= 0.6 is 11.8 Å². The van der Waals surface area contributed by atoms with Crippen molar-refractivity contribution in [2.24, 2.45) is 5.41 Å². The summed E-state index contributed by atoms with van der Waals surface area (Å²) in [7, 11) is 0. The van der Waals surface area contributed by atoms with Crippen LogP contribution < -0.4 is 5.84 Å². The predicted octanol–water partition coefficient (Wildman–Crippen LogP) is 0.120. The van der Waals surface area contributed by atoms with Crippen LogP contribution in [0.5, 0.6) is 0 Å². The lowest BCUT2D eigenvalue weighted by atomic mass is 9.92. The van der Waals surface area contributed by atoms with E-state index in [4.69, 9.17) is 10.6 Å². The monoisotopic (exact) mass is 200 g/mol. The van der Waals surface area contributed by atoms with Crippen LogP contribution in [0.15, 0.2) is 11.5 Å². The van der Waals surface area contributed by atoms with Crippen LogP contribution in [-0.2, 0) is 4.74 Å². The van der Waals surface area contributed by atoms with Crippen LogP contribution in [0.1, 0.15) is 6.92 Å². The lowest BCUT2D eigenvalue weighted by Gasteiger charge is -2.37. The highest BCUT2D eigenvalue weighted by atomic mass is 32.2. The average Bonchev–Trinajstić information content (AvgIpc) is 2.44. The van der Waals surface area contributed by atoms with Crippen molar-refractivity contribution in [3.63, 3.8) is 0 Å². The molecule has 2 rings (SSSR count). The highest BCUT2D eigenvalue weighted by Crippen LogP contribution is 2.32. The van der Waals surface area contributed by atoms with Crippen molar-refractivity contribution in [1.29, 1.82) is 0 Å². The molecule has 0 aliphatic carbocycles. The molecule has 1 fully saturated rings. The van der Waals surface area contributed by atoms with Gasteiger partial charge in [0.05, 0.1) is 13.2 Å². The molecular weight excluding hydrogens is 188 g/mol. The molecule has 0 unspecified atom stereocenters. The second-order valence-corrected chi connectivity index (χ2v) is 4.56. The van der Waals surface area contributed by atoms with Gasteiger partial charge in [0.2, 0.25) is 5.16 Å². The molecule has 0 aromatic carbocycles. The summed E-state index contributed by atoms with van der Waals surface area (Å²) in [4.78, 5) is 0. The third-order valence-electron chi connectivity index (χ3n) is 1.99. The number of nitrogens with zero attached hydrogens (tertiary/aromatic N) is 3. The molecule has 0 saturated carbocycles. The van der Waals surface area contributed by atoms with Gasteiger partial charge in [-0.05, 0) is 0 Å². The summed E-state index contributed by atoms with van der Waals surface area (Å²) < 4.78 is 6.59. The van der Waals surface area contributed by atoms with E-state index < -0.39 is 0 Å². The molecule has 1 aromatic heterocycles. The topological polar surface area (TPSA) is 66.0 Å². The first kappa shape index (κ1) is 8.83. The van der Waals surface area contributed by atoms with Crippen molar-refractivity contribution in [3.05, 3.63) is 6.33 Å². The SMILES string of the molecule is CC1(CSc2nncn2N)COC1. The zero-order valence-electron chi connectivity index (χ0n) is 7.43. The third kappa shape index (κ3) is 1.78. The van der Waals surface area contributed by atoms with Crippen molar-refractivity contribution in [2.45, 2.75) is 12.1 Å². The second-order valence-electron chi connectivity index (χ2n) is 3.61. The van der Waals surface area contributed by atoms with E-state index >= 15 is 0 Å². The molecule has 0 radical (unpaired) electrons. The summed E-state index contributed by atoms with van der Waals surface area (Å²) in [6.07, 6.45) is 1.50. The molecule has 2 heterocycles. The number of thioether (sulfide) groups is 1. The van der Waals surface area contributed by atoms with E-state index in [-0.39, 0.29) is 5.41 Å². The Morgan fingerprint density at radius 3 is 3.00 bits per heavy atom. The molecule has 0 spiro atoms. The normalized spacial score (nSPS) is 19.8. The van der Waals surface area contributed by atoms with Crippen molar-refractivity contribution >= 4 is 11.8 Å². The average molecular weight is 200 g/mol. The molecule has 1 aliphatic heterocycles. The van der Waals surface area contributed by atoms with Crippen LogP contribution in [-0.4, -0.2) is 33.8 Å². The summed E-state index contributed by atoms with van der Waals surface area (Å²) in [5, 5.41) is 8.35. The first-order chi connectivity index (χ1) is 6.20. The Balaban J connectivity index is 1.89. The molecule has 0 amide bonds. The van der Waals surface area contributed by atoms with Gasteiger partial charge in [0.25, 0.3) is 0 Å². The van der Waals surface area contributed by atoms with Gasteiger partial charge in [-0.1, -0.05) is 18.7 Å². The van der Waals surface area contributed by atoms with E-state index in [0.717, 1.165) is 24.1 Å². The highest BCUT2D eigenvalue weighted by molar-refractivity contribution is 7.99. The third-order valence-corrected chi connectivity index (χ3v) is 3.38.